The van der Waals surface area contributed by atoms with Gasteiger partial charge in [0, 0.05) is 5.02 Å². The molecule has 29 heavy (non-hydrogen) atoms. The maximum atomic E-state index is 14.4. The molecule has 0 saturated carbocycles. The maximum absolute atomic E-state index is 14.4. The number of amides is 1. The Hall–Kier alpha value is -2.68. The van der Waals surface area contributed by atoms with Crippen LogP contribution in [0.4, 0.5) is 20.2 Å². The number of carbonyl (C=O) groups is 1. The van der Waals surface area contributed by atoms with E-state index in [1.165, 1.54) is 36.4 Å². The van der Waals surface area contributed by atoms with Gasteiger partial charge in [-0.25, -0.2) is 17.2 Å². The van der Waals surface area contributed by atoms with Crippen molar-refractivity contribution in [1.29, 1.82) is 0 Å². The average molecular weight is 457 g/mol. The molecule has 3 aromatic carbocycles. The van der Waals surface area contributed by atoms with Gasteiger partial charge in [-0.05, 0) is 48.5 Å². The molecule has 1 amide bonds. The molecule has 0 aliphatic rings. The van der Waals surface area contributed by atoms with Crippen LogP contribution in [0.3, 0.4) is 0 Å². The number of halogens is 4. The van der Waals surface area contributed by atoms with Gasteiger partial charge in [-0.1, -0.05) is 35.3 Å². The summed E-state index contributed by atoms with van der Waals surface area (Å²) in [5.41, 5.74) is -0.470. The van der Waals surface area contributed by atoms with Crippen molar-refractivity contribution in [2.75, 3.05) is 10.0 Å². The molecule has 3 rings (SSSR count). The summed E-state index contributed by atoms with van der Waals surface area (Å²) in [6.45, 7) is 0. The SMILES string of the molecule is O=C(Nc1ccc(S(=O)(=O)Nc2ccccc2F)cc1F)c1ccc(Cl)cc1Cl. The van der Waals surface area contributed by atoms with Crippen molar-refractivity contribution < 1.29 is 22.0 Å². The lowest BCUT2D eigenvalue weighted by atomic mass is 10.2. The molecule has 150 valence electrons. The number of hydrogen-bond donors (Lipinski definition) is 2. The second-order valence-corrected chi connectivity index (χ2v) is 8.33. The molecule has 2 N–H and O–H groups in total. The predicted octanol–water partition coefficient (Wildman–Crippen LogP) is 5.32. The van der Waals surface area contributed by atoms with Crippen LogP contribution < -0.4 is 10.0 Å². The van der Waals surface area contributed by atoms with E-state index >= 15 is 0 Å². The van der Waals surface area contributed by atoms with Crippen molar-refractivity contribution in [3.63, 3.8) is 0 Å². The highest BCUT2D eigenvalue weighted by Gasteiger charge is 2.19. The lowest BCUT2D eigenvalue weighted by Crippen LogP contribution is -2.16. The van der Waals surface area contributed by atoms with Crippen LogP contribution in [-0.2, 0) is 10.0 Å². The molecule has 0 spiro atoms. The molecule has 0 heterocycles. The smallest absolute Gasteiger partial charge is 0.262 e. The minimum Gasteiger partial charge on any atom is -0.319 e. The van der Waals surface area contributed by atoms with Crippen LogP contribution in [0.2, 0.25) is 10.0 Å². The molecular weight excluding hydrogens is 445 g/mol. The van der Waals surface area contributed by atoms with Crippen molar-refractivity contribution in [3.8, 4) is 0 Å². The Labute approximate surface area is 175 Å². The first-order valence-corrected chi connectivity index (χ1v) is 10.2. The van der Waals surface area contributed by atoms with Crippen LogP contribution in [0.25, 0.3) is 0 Å². The molecule has 0 radical (unpaired) electrons. The third kappa shape index (κ3) is 4.84. The van der Waals surface area contributed by atoms with Gasteiger partial charge >= 0.3 is 0 Å². The molecule has 0 saturated heterocycles. The molecule has 3 aromatic rings. The Balaban J connectivity index is 1.83. The second kappa shape index (κ2) is 8.36. The average Bonchev–Trinajstić information content (AvgIpc) is 2.65. The molecule has 0 aliphatic carbocycles. The van der Waals surface area contributed by atoms with E-state index in [4.69, 9.17) is 23.2 Å². The summed E-state index contributed by atoms with van der Waals surface area (Å²) in [7, 11) is -4.25. The first-order chi connectivity index (χ1) is 13.7. The van der Waals surface area contributed by atoms with Gasteiger partial charge in [0.05, 0.1) is 26.9 Å². The fraction of sp³-hybridized carbons (Fsp3) is 0. The third-order valence-corrected chi connectivity index (χ3v) is 5.70. The largest absolute Gasteiger partial charge is 0.319 e. The van der Waals surface area contributed by atoms with E-state index in [-0.39, 0.29) is 22.0 Å². The summed E-state index contributed by atoms with van der Waals surface area (Å²) >= 11 is 11.7. The van der Waals surface area contributed by atoms with Crippen LogP contribution in [-0.4, -0.2) is 14.3 Å². The van der Waals surface area contributed by atoms with Crippen LogP contribution in [0.1, 0.15) is 10.4 Å². The lowest BCUT2D eigenvalue weighted by molar-refractivity contribution is 0.102. The van der Waals surface area contributed by atoms with E-state index in [2.05, 4.69) is 5.32 Å². The topological polar surface area (TPSA) is 75.3 Å². The van der Waals surface area contributed by atoms with E-state index in [1.807, 2.05) is 4.72 Å². The van der Waals surface area contributed by atoms with Crippen LogP contribution in [0, 0.1) is 11.6 Å². The number of benzene rings is 3. The van der Waals surface area contributed by atoms with Crippen molar-refractivity contribution in [2.24, 2.45) is 0 Å². The Kier molecular flexibility index (Phi) is 6.07. The van der Waals surface area contributed by atoms with Crippen molar-refractivity contribution in [1.82, 2.24) is 0 Å². The summed E-state index contributed by atoms with van der Waals surface area (Å²) < 4.78 is 54.9. The van der Waals surface area contributed by atoms with Gasteiger partial charge in [-0.3, -0.25) is 9.52 Å². The lowest BCUT2D eigenvalue weighted by Gasteiger charge is -2.11. The molecule has 0 atom stereocenters. The van der Waals surface area contributed by atoms with E-state index < -0.39 is 32.5 Å². The maximum Gasteiger partial charge on any atom is 0.262 e. The Morgan fingerprint density at radius 1 is 0.862 bits per heavy atom. The minimum absolute atomic E-state index is 0.0633. The zero-order chi connectivity index (χ0) is 21.2. The second-order valence-electron chi connectivity index (χ2n) is 5.81. The summed E-state index contributed by atoms with van der Waals surface area (Å²) in [6.07, 6.45) is 0. The van der Waals surface area contributed by atoms with Gasteiger partial charge < -0.3 is 5.32 Å². The van der Waals surface area contributed by atoms with Crippen LogP contribution in [0.15, 0.2) is 65.6 Å². The highest BCUT2D eigenvalue weighted by Crippen LogP contribution is 2.25. The van der Waals surface area contributed by atoms with Crippen LogP contribution in [0.5, 0.6) is 0 Å². The number of anilines is 2. The third-order valence-electron chi connectivity index (χ3n) is 3.79. The predicted molar refractivity (Wildman–Crippen MR) is 108 cm³/mol. The first kappa shape index (κ1) is 21.0. The van der Waals surface area contributed by atoms with Gasteiger partial charge in [-0.15, -0.1) is 0 Å². The summed E-state index contributed by atoms with van der Waals surface area (Å²) in [6, 6.07) is 12.2. The highest BCUT2D eigenvalue weighted by molar-refractivity contribution is 7.92. The number of hydrogen-bond acceptors (Lipinski definition) is 3. The molecule has 0 aliphatic heterocycles. The molecule has 0 unspecified atom stereocenters. The van der Waals surface area contributed by atoms with Gasteiger partial charge in [-0.2, -0.15) is 0 Å². The van der Waals surface area contributed by atoms with Crippen molar-refractivity contribution >= 4 is 50.5 Å². The molecule has 0 bridgehead atoms. The summed E-state index contributed by atoms with van der Waals surface area (Å²) in [4.78, 5) is 11.8. The molecular formula is C19H12Cl2F2N2O3S. The van der Waals surface area contributed by atoms with E-state index in [0.717, 1.165) is 18.2 Å². The number of carbonyl (C=O) groups excluding carboxylic acids is 1. The summed E-state index contributed by atoms with van der Waals surface area (Å²) in [5, 5.41) is 2.71. The van der Waals surface area contributed by atoms with Gasteiger partial charge in [0.2, 0.25) is 0 Å². The van der Waals surface area contributed by atoms with E-state index in [9.17, 15) is 22.0 Å². The molecule has 0 aromatic heterocycles. The fourth-order valence-electron chi connectivity index (χ4n) is 2.38. The van der Waals surface area contributed by atoms with Crippen LogP contribution >= 0.6 is 23.2 Å². The minimum atomic E-state index is -4.25. The quantitative estimate of drug-likeness (QED) is 0.544. The highest BCUT2D eigenvalue weighted by atomic mass is 35.5. The Bertz CT molecular complexity index is 1200. The fourth-order valence-corrected chi connectivity index (χ4v) is 3.95. The van der Waals surface area contributed by atoms with E-state index in [1.54, 1.807) is 0 Å². The Morgan fingerprint density at radius 2 is 1.59 bits per heavy atom. The Morgan fingerprint density at radius 3 is 2.24 bits per heavy atom. The van der Waals surface area contributed by atoms with Gasteiger partial charge in [0.15, 0.2) is 0 Å². The normalized spacial score (nSPS) is 11.2. The standard InChI is InChI=1S/C19H12Cl2F2N2O3S/c20-11-5-7-13(14(21)9-11)19(26)24-17-8-6-12(10-16(17)23)29(27,28)25-18-4-2-1-3-15(18)22/h1-10,25H,(H,24,26). The van der Waals surface area contributed by atoms with Gasteiger partial charge in [0.1, 0.15) is 11.6 Å². The molecule has 0 fully saturated rings. The first-order valence-electron chi connectivity index (χ1n) is 8.01. The zero-order valence-electron chi connectivity index (χ0n) is 14.4. The number of para-hydroxylation sites is 1. The number of nitrogens with one attached hydrogen (secondary N) is 2. The van der Waals surface area contributed by atoms with E-state index in [0.29, 0.717) is 11.1 Å². The monoisotopic (exact) mass is 456 g/mol. The summed E-state index contributed by atoms with van der Waals surface area (Å²) in [5.74, 6) is -2.48. The number of rotatable bonds is 5. The molecule has 5 nitrogen and oxygen atoms in total. The van der Waals surface area contributed by atoms with Crippen molar-refractivity contribution in [3.05, 3.63) is 87.9 Å². The molecule has 10 heteroatoms. The zero-order valence-corrected chi connectivity index (χ0v) is 16.7. The van der Waals surface area contributed by atoms with Crippen molar-refractivity contribution in [2.45, 2.75) is 4.90 Å². The van der Waals surface area contributed by atoms with Gasteiger partial charge in [0.25, 0.3) is 15.9 Å². The number of sulfonamides is 1.